The summed E-state index contributed by atoms with van der Waals surface area (Å²) in [5.41, 5.74) is 0.664. The molecule has 3 heterocycles. The summed E-state index contributed by atoms with van der Waals surface area (Å²) in [6, 6.07) is 9.16. The number of aryl methyl sites for hydroxylation is 1. The van der Waals surface area contributed by atoms with Crippen LogP contribution in [0.2, 0.25) is 0 Å². The number of aromatic nitrogens is 2. The highest BCUT2D eigenvalue weighted by Gasteiger charge is 2.32. The molecule has 0 radical (unpaired) electrons. The van der Waals surface area contributed by atoms with E-state index in [1.54, 1.807) is 12.1 Å². The fourth-order valence-electron chi connectivity index (χ4n) is 3.64. The Morgan fingerprint density at radius 1 is 1.08 bits per heavy atom. The van der Waals surface area contributed by atoms with Gasteiger partial charge in [0.1, 0.15) is 11.4 Å². The smallest absolute Gasteiger partial charge is 0.417 e. The van der Waals surface area contributed by atoms with Gasteiger partial charge in [-0.05, 0) is 55.8 Å². The molecule has 12 heteroatoms. The van der Waals surface area contributed by atoms with Crippen molar-refractivity contribution in [1.29, 1.82) is 0 Å². The lowest BCUT2D eigenvalue weighted by Crippen LogP contribution is -2.40. The van der Waals surface area contributed by atoms with Gasteiger partial charge in [0.15, 0.2) is 5.78 Å². The van der Waals surface area contributed by atoms with E-state index in [0.29, 0.717) is 17.0 Å². The monoisotopic (exact) mass is 535 g/mol. The lowest BCUT2D eigenvalue weighted by atomic mass is 10.1. The standard InChI is InChI=1S/C25H21F4N3O4S/c1-15(32(2)37(34,35)24-13-17-11-19(26)4-8-23(17)36-24)22(33)7-5-20-12-16(9-10-30-20)21-6-3-18(14-31-21)25(27,28)29/h3-4,6,8-15H,5,7H2,1-2H3/t15-/m1/s1. The van der Waals surface area contributed by atoms with E-state index >= 15 is 0 Å². The Labute approximate surface area is 209 Å². The topological polar surface area (TPSA) is 93.4 Å². The summed E-state index contributed by atoms with van der Waals surface area (Å²) in [4.78, 5) is 20.9. The molecule has 7 nitrogen and oxygen atoms in total. The first-order valence-corrected chi connectivity index (χ1v) is 12.5. The zero-order chi connectivity index (χ0) is 27.0. The van der Waals surface area contributed by atoms with E-state index in [-0.39, 0.29) is 29.6 Å². The molecule has 0 N–H and O–H groups in total. The van der Waals surface area contributed by atoms with Crippen molar-refractivity contribution in [2.24, 2.45) is 0 Å². The van der Waals surface area contributed by atoms with Crippen molar-refractivity contribution >= 4 is 26.8 Å². The van der Waals surface area contributed by atoms with Crippen LogP contribution in [0.3, 0.4) is 0 Å². The summed E-state index contributed by atoms with van der Waals surface area (Å²) >= 11 is 0. The normalized spacial score (nSPS) is 13.3. The van der Waals surface area contributed by atoms with Gasteiger partial charge in [-0.1, -0.05) is 0 Å². The zero-order valence-electron chi connectivity index (χ0n) is 19.7. The van der Waals surface area contributed by atoms with Crippen LogP contribution >= 0.6 is 0 Å². The van der Waals surface area contributed by atoms with E-state index in [1.807, 2.05) is 0 Å². The van der Waals surface area contributed by atoms with E-state index in [4.69, 9.17) is 4.42 Å². The molecule has 1 aromatic carbocycles. The van der Waals surface area contributed by atoms with E-state index < -0.39 is 38.7 Å². The van der Waals surface area contributed by atoms with Crippen LogP contribution in [-0.4, -0.2) is 41.6 Å². The fourth-order valence-corrected chi connectivity index (χ4v) is 4.93. The first-order valence-electron chi connectivity index (χ1n) is 11.0. The van der Waals surface area contributed by atoms with Gasteiger partial charge in [0.25, 0.3) is 10.0 Å². The summed E-state index contributed by atoms with van der Waals surface area (Å²) in [6.45, 7) is 1.44. The zero-order valence-corrected chi connectivity index (χ0v) is 20.5. The van der Waals surface area contributed by atoms with Crippen LogP contribution in [0.1, 0.15) is 24.6 Å². The number of sulfonamides is 1. The van der Waals surface area contributed by atoms with Crippen molar-refractivity contribution in [2.45, 2.75) is 37.1 Å². The summed E-state index contributed by atoms with van der Waals surface area (Å²) < 4.78 is 84.0. The molecule has 0 aliphatic heterocycles. The second kappa shape index (κ2) is 10.0. The fraction of sp³-hybridized carbons (Fsp3) is 0.240. The largest absolute Gasteiger partial charge is 0.443 e. The van der Waals surface area contributed by atoms with Gasteiger partial charge in [-0.15, -0.1) is 0 Å². The molecule has 37 heavy (non-hydrogen) atoms. The molecule has 0 saturated heterocycles. The number of furan rings is 1. The molecular weight excluding hydrogens is 514 g/mol. The minimum absolute atomic E-state index is 0.0384. The minimum Gasteiger partial charge on any atom is -0.443 e. The lowest BCUT2D eigenvalue weighted by Gasteiger charge is -2.22. The van der Waals surface area contributed by atoms with Gasteiger partial charge in [-0.25, -0.2) is 12.8 Å². The number of pyridine rings is 2. The van der Waals surface area contributed by atoms with E-state index in [2.05, 4.69) is 9.97 Å². The van der Waals surface area contributed by atoms with Crippen molar-refractivity contribution in [3.63, 3.8) is 0 Å². The molecule has 0 bridgehead atoms. The summed E-state index contributed by atoms with van der Waals surface area (Å²) in [5.74, 6) is -0.922. The Morgan fingerprint density at radius 3 is 2.51 bits per heavy atom. The van der Waals surface area contributed by atoms with Gasteiger partial charge < -0.3 is 4.42 Å². The SMILES string of the molecule is C[C@H](C(=O)CCc1cc(-c2ccc(C(F)(F)F)cn2)ccn1)N(C)S(=O)(=O)c1cc2cc(F)ccc2o1. The Morgan fingerprint density at radius 2 is 1.84 bits per heavy atom. The van der Waals surface area contributed by atoms with Crippen LogP contribution in [0.25, 0.3) is 22.2 Å². The average Bonchev–Trinajstić information content (AvgIpc) is 3.30. The van der Waals surface area contributed by atoms with Crippen LogP contribution in [0.4, 0.5) is 17.6 Å². The maximum absolute atomic E-state index is 13.4. The number of benzene rings is 1. The highest BCUT2D eigenvalue weighted by atomic mass is 32.2. The number of hydrogen-bond donors (Lipinski definition) is 0. The van der Waals surface area contributed by atoms with Crippen LogP contribution in [-0.2, 0) is 27.4 Å². The first kappa shape index (κ1) is 26.4. The molecule has 1 atom stereocenters. The number of carbonyl (C=O) groups is 1. The third-order valence-corrected chi connectivity index (χ3v) is 7.72. The number of Topliss-reactive ketones (excluding diaryl/α,β-unsaturated/α-hetero) is 1. The summed E-state index contributed by atoms with van der Waals surface area (Å²) in [7, 11) is -2.93. The number of halogens is 4. The number of alkyl halides is 3. The van der Waals surface area contributed by atoms with Crippen LogP contribution in [0.5, 0.6) is 0 Å². The van der Waals surface area contributed by atoms with Gasteiger partial charge >= 0.3 is 6.18 Å². The number of nitrogens with zero attached hydrogens (tertiary/aromatic N) is 3. The van der Waals surface area contributed by atoms with Gasteiger partial charge in [-0.3, -0.25) is 14.8 Å². The molecule has 0 unspecified atom stereocenters. The third kappa shape index (κ3) is 5.70. The highest BCUT2D eigenvalue weighted by Crippen LogP contribution is 2.30. The van der Waals surface area contributed by atoms with Gasteiger partial charge in [0.05, 0.1) is 17.3 Å². The molecule has 0 saturated carbocycles. The van der Waals surface area contributed by atoms with Gasteiger partial charge in [-0.2, -0.15) is 17.5 Å². The summed E-state index contributed by atoms with van der Waals surface area (Å²) in [6.07, 6.45) is -2.15. The molecule has 3 aromatic heterocycles. The molecule has 0 fully saturated rings. The van der Waals surface area contributed by atoms with Crippen molar-refractivity contribution in [1.82, 2.24) is 14.3 Å². The van der Waals surface area contributed by atoms with Crippen molar-refractivity contribution in [3.8, 4) is 11.3 Å². The number of likely N-dealkylation sites (N-methyl/N-ethyl adjacent to an activating group) is 1. The molecule has 4 rings (SSSR count). The van der Waals surface area contributed by atoms with E-state index in [0.717, 1.165) is 28.7 Å². The van der Waals surface area contributed by atoms with Crippen LogP contribution in [0.15, 0.2) is 70.4 Å². The molecule has 194 valence electrons. The third-order valence-electron chi connectivity index (χ3n) is 5.93. The average molecular weight is 536 g/mol. The Hall–Kier alpha value is -3.64. The minimum atomic E-state index is -4.49. The Balaban J connectivity index is 1.43. The quantitative estimate of drug-likeness (QED) is 0.286. The number of fused-ring (bicyclic) bond motifs is 1. The number of hydrogen-bond acceptors (Lipinski definition) is 6. The molecule has 0 aliphatic carbocycles. The second-order valence-electron chi connectivity index (χ2n) is 8.38. The molecule has 0 aliphatic rings. The molecule has 4 aromatic rings. The predicted molar refractivity (Wildman–Crippen MR) is 126 cm³/mol. The predicted octanol–water partition coefficient (Wildman–Crippen LogP) is 5.26. The number of carbonyl (C=O) groups excluding carboxylic acids is 1. The van der Waals surface area contributed by atoms with Crippen LogP contribution in [0, 0.1) is 5.82 Å². The van der Waals surface area contributed by atoms with Crippen molar-refractivity contribution < 1.29 is 35.2 Å². The van der Waals surface area contributed by atoms with E-state index in [9.17, 15) is 30.8 Å². The van der Waals surface area contributed by atoms with E-state index in [1.165, 1.54) is 38.4 Å². The first-order chi connectivity index (χ1) is 17.4. The lowest BCUT2D eigenvalue weighted by molar-refractivity contribution is -0.137. The maximum atomic E-state index is 13.4. The Bertz CT molecular complexity index is 1550. The maximum Gasteiger partial charge on any atom is 0.417 e. The van der Waals surface area contributed by atoms with Gasteiger partial charge in [0.2, 0.25) is 5.09 Å². The number of rotatable bonds is 8. The van der Waals surface area contributed by atoms with Crippen LogP contribution < -0.4 is 0 Å². The molecule has 0 amide bonds. The highest BCUT2D eigenvalue weighted by molar-refractivity contribution is 7.89. The van der Waals surface area contributed by atoms with Crippen molar-refractivity contribution in [2.75, 3.05) is 7.05 Å². The number of ketones is 1. The molecular formula is C25H21F4N3O4S. The van der Waals surface area contributed by atoms with Crippen molar-refractivity contribution in [3.05, 3.63) is 78.0 Å². The Kier molecular flexibility index (Phi) is 7.16. The molecule has 0 spiro atoms. The van der Waals surface area contributed by atoms with Gasteiger partial charge in [0, 0.05) is 48.6 Å². The second-order valence-corrected chi connectivity index (χ2v) is 10.3. The summed E-state index contributed by atoms with van der Waals surface area (Å²) in [5, 5.41) is -0.131.